The molecule has 1 fully saturated rings. The van der Waals surface area contributed by atoms with Crippen molar-refractivity contribution in [2.45, 2.75) is 19.4 Å². The summed E-state index contributed by atoms with van der Waals surface area (Å²) in [7, 11) is 0. The second-order valence-electron chi connectivity index (χ2n) is 4.91. The molecule has 1 heterocycles. The molecule has 3 rings (SSSR count). The van der Waals surface area contributed by atoms with E-state index in [2.05, 4.69) is 24.3 Å². The van der Waals surface area contributed by atoms with Gasteiger partial charge in [-0.3, -0.25) is 4.79 Å². The second kappa shape index (κ2) is 4.98. The molecule has 0 aromatic heterocycles. The molecule has 19 heavy (non-hydrogen) atoms. The van der Waals surface area contributed by atoms with Crippen LogP contribution in [0, 0.1) is 0 Å². The lowest BCUT2D eigenvalue weighted by Gasteiger charge is -2.26. The minimum Gasteiger partial charge on any atom is -0.373 e. The Labute approximate surface area is 113 Å². The van der Waals surface area contributed by atoms with Crippen LogP contribution in [-0.2, 0) is 4.74 Å². The number of ketones is 1. The van der Waals surface area contributed by atoms with E-state index >= 15 is 0 Å². The Balaban J connectivity index is 1.89. The topological polar surface area (TPSA) is 26.3 Å². The summed E-state index contributed by atoms with van der Waals surface area (Å²) in [6.45, 7) is 2.46. The molecular weight excluding hydrogens is 236 g/mol. The number of benzene rings is 2. The Bertz CT molecular complexity index is 595. The molecule has 2 aromatic carbocycles. The molecule has 2 heteroatoms. The van der Waals surface area contributed by atoms with Gasteiger partial charge in [0, 0.05) is 12.0 Å². The monoisotopic (exact) mass is 252 g/mol. The highest BCUT2D eigenvalue weighted by Gasteiger charge is 2.19. The zero-order valence-electron chi connectivity index (χ0n) is 10.9. The van der Waals surface area contributed by atoms with Gasteiger partial charge in [0.2, 0.25) is 0 Å². The summed E-state index contributed by atoms with van der Waals surface area (Å²) in [6, 6.07) is 16.2. The predicted molar refractivity (Wildman–Crippen MR) is 75.2 cm³/mol. The van der Waals surface area contributed by atoms with Gasteiger partial charge in [-0.15, -0.1) is 0 Å². The Morgan fingerprint density at radius 3 is 2.42 bits per heavy atom. The van der Waals surface area contributed by atoms with E-state index in [1.165, 1.54) is 5.56 Å². The van der Waals surface area contributed by atoms with Gasteiger partial charge >= 0.3 is 0 Å². The molecule has 0 spiro atoms. The summed E-state index contributed by atoms with van der Waals surface area (Å²) in [6.07, 6.45) is 1.39. The van der Waals surface area contributed by atoms with Gasteiger partial charge in [0.25, 0.3) is 0 Å². The lowest BCUT2D eigenvalue weighted by molar-refractivity contribution is -0.0527. The first kappa shape index (κ1) is 12.1. The first-order valence-corrected chi connectivity index (χ1v) is 6.57. The number of hydrogen-bond donors (Lipinski definition) is 0. The molecule has 2 nitrogen and oxygen atoms in total. The largest absolute Gasteiger partial charge is 0.373 e. The minimum absolute atomic E-state index is 0.0985. The molecule has 1 aliphatic heterocycles. The number of rotatable bonds is 3. The van der Waals surface area contributed by atoms with Gasteiger partial charge in [-0.05, 0) is 29.7 Å². The number of Topliss-reactive ketones (excluding diaryl/α,β-unsaturated/α-hetero) is 1. The van der Waals surface area contributed by atoms with Gasteiger partial charge in [0.05, 0.1) is 12.7 Å². The highest BCUT2D eigenvalue weighted by atomic mass is 16.5. The Morgan fingerprint density at radius 1 is 1.11 bits per heavy atom. The molecule has 1 atom stereocenters. The number of hydrogen-bond acceptors (Lipinski definition) is 2. The van der Waals surface area contributed by atoms with Gasteiger partial charge < -0.3 is 4.74 Å². The third-order valence-corrected chi connectivity index (χ3v) is 3.58. The highest BCUT2D eigenvalue weighted by molar-refractivity contribution is 5.95. The minimum atomic E-state index is 0.0985. The van der Waals surface area contributed by atoms with Crippen LogP contribution >= 0.6 is 0 Å². The quantitative estimate of drug-likeness (QED) is 0.771. The second-order valence-corrected chi connectivity index (χ2v) is 4.91. The summed E-state index contributed by atoms with van der Waals surface area (Å²) >= 11 is 0. The molecule has 2 aromatic rings. The van der Waals surface area contributed by atoms with E-state index in [-0.39, 0.29) is 11.9 Å². The Hall–Kier alpha value is -1.93. The van der Waals surface area contributed by atoms with Crippen LogP contribution in [0.2, 0.25) is 0 Å². The molecule has 1 aliphatic rings. The maximum atomic E-state index is 11.4. The number of ether oxygens (including phenoxy) is 1. The third kappa shape index (κ3) is 2.45. The van der Waals surface area contributed by atoms with Crippen LogP contribution in [-0.4, -0.2) is 12.4 Å². The summed E-state index contributed by atoms with van der Waals surface area (Å²) in [4.78, 5) is 11.4. The fourth-order valence-electron chi connectivity index (χ4n) is 2.31. The molecule has 0 N–H and O–H groups in total. The Morgan fingerprint density at radius 2 is 1.84 bits per heavy atom. The summed E-state index contributed by atoms with van der Waals surface area (Å²) < 4.78 is 5.47. The number of carbonyl (C=O) groups excluding carboxylic acids is 1. The lowest BCUT2D eigenvalue weighted by Crippen LogP contribution is -2.17. The SMILES string of the molecule is CC(=O)c1cccc(-c2ccc(C3CCO3)cc2)c1. The maximum Gasteiger partial charge on any atom is 0.159 e. The van der Waals surface area contributed by atoms with Crippen molar-refractivity contribution in [2.75, 3.05) is 6.61 Å². The molecule has 0 saturated carbocycles. The predicted octanol–water partition coefficient (Wildman–Crippen LogP) is 4.02. The fraction of sp³-hybridized carbons (Fsp3) is 0.235. The number of carbonyl (C=O) groups is 1. The molecular formula is C17H16O2. The van der Waals surface area contributed by atoms with Gasteiger partial charge in [-0.1, -0.05) is 42.5 Å². The van der Waals surface area contributed by atoms with Gasteiger partial charge in [-0.25, -0.2) is 0 Å². The molecule has 0 radical (unpaired) electrons. The van der Waals surface area contributed by atoms with Crippen LogP contribution in [0.4, 0.5) is 0 Å². The van der Waals surface area contributed by atoms with Crippen molar-refractivity contribution in [3.8, 4) is 11.1 Å². The van der Waals surface area contributed by atoms with Crippen LogP contribution < -0.4 is 0 Å². The molecule has 0 amide bonds. The summed E-state index contributed by atoms with van der Waals surface area (Å²) in [5, 5.41) is 0. The molecule has 1 unspecified atom stereocenters. The zero-order valence-corrected chi connectivity index (χ0v) is 10.9. The summed E-state index contributed by atoms with van der Waals surface area (Å²) in [5.74, 6) is 0.0985. The average molecular weight is 252 g/mol. The molecule has 96 valence electrons. The average Bonchev–Trinajstić information content (AvgIpc) is 2.38. The van der Waals surface area contributed by atoms with Crippen LogP contribution in [0.25, 0.3) is 11.1 Å². The van der Waals surface area contributed by atoms with E-state index in [1.54, 1.807) is 6.92 Å². The van der Waals surface area contributed by atoms with E-state index in [0.29, 0.717) is 0 Å². The highest BCUT2D eigenvalue weighted by Crippen LogP contribution is 2.30. The Kier molecular flexibility index (Phi) is 3.18. The first-order chi connectivity index (χ1) is 9.24. The van der Waals surface area contributed by atoms with E-state index in [1.807, 2.05) is 24.3 Å². The normalized spacial score (nSPS) is 17.8. The third-order valence-electron chi connectivity index (χ3n) is 3.58. The first-order valence-electron chi connectivity index (χ1n) is 6.57. The maximum absolute atomic E-state index is 11.4. The van der Waals surface area contributed by atoms with Crippen molar-refractivity contribution in [1.29, 1.82) is 0 Å². The zero-order chi connectivity index (χ0) is 13.2. The van der Waals surface area contributed by atoms with E-state index < -0.39 is 0 Å². The smallest absolute Gasteiger partial charge is 0.159 e. The van der Waals surface area contributed by atoms with Crippen molar-refractivity contribution in [3.05, 3.63) is 59.7 Å². The van der Waals surface area contributed by atoms with Crippen molar-refractivity contribution >= 4 is 5.78 Å². The molecule has 0 aliphatic carbocycles. The molecule has 1 saturated heterocycles. The van der Waals surface area contributed by atoms with E-state index in [0.717, 1.165) is 29.7 Å². The summed E-state index contributed by atoms with van der Waals surface area (Å²) in [5.41, 5.74) is 4.20. The standard InChI is InChI=1S/C17H16O2/c1-12(18)15-3-2-4-16(11-15)13-5-7-14(8-6-13)17-9-10-19-17/h2-8,11,17H,9-10H2,1H3. The van der Waals surface area contributed by atoms with Gasteiger partial charge in [0.15, 0.2) is 5.78 Å². The lowest BCUT2D eigenvalue weighted by atomic mass is 9.97. The van der Waals surface area contributed by atoms with Crippen molar-refractivity contribution in [2.24, 2.45) is 0 Å². The van der Waals surface area contributed by atoms with Crippen LogP contribution in [0.1, 0.15) is 35.4 Å². The fourth-order valence-corrected chi connectivity index (χ4v) is 2.31. The van der Waals surface area contributed by atoms with Crippen LogP contribution in [0.3, 0.4) is 0 Å². The van der Waals surface area contributed by atoms with E-state index in [9.17, 15) is 4.79 Å². The molecule has 0 bridgehead atoms. The van der Waals surface area contributed by atoms with Crippen LogP contribution in [0.5, 0.6) is 0 Å². The van der Waals surface area contributed by atoms with Gasteiger partial charge in [0.1, 0.15) is 0 Å². The van der Waals surface area contributed by atoms with E-state index in [4.69, 9.17) is 4.74 Å². The van der Waals surface area contributed by atoms with Gasteiger partial charge in [-0.2, -0.15) is 0 Å². The van der Waals surface area contributed by atoms with Crippen molar-refractivity contribution in [3.63, 3.8) is 0 Å². The van der Waals surface area contributed by atoms with Crippen molar-refractivity contribution in [1.82, 2.24) is 0 Å². The van der Waals surface area contributed by atoms with Crippen molar-refractivity contribution < 1.29 is 9.53 Å². The van der Waals surface area contributed by atoms with Crippen LogP contribution in [0.15, 0.2) is 48.5 Å².